The Hall–Kier alpha value is -0.200. The molecule has 0 bridgehead atoms. The highest BCUT2D eigenvalue weighted by Crippen LogP contribution is 2.29. The van der Waals surface area contributed by atoms with E-state index in [9.17, 15) is 5.11 Å². The molecule has 1 aliphatic carbocycles. The highest BCUT2D eigenvalue weighted by molar-refractivity contribution is 4.80. The normalized spacial score (nSPS) is 21.9. The minimum atomic E-state index is -0.846. The largest absolute Gasteiger partial charge is 0.394 e. The molecule has 1 saturated carbocycles. The molecular weight excluding hydrogens is 212 g/mol. The van der Waals surface area contributed by atoms with Gasteiger partial charge in [0.05, 0.1) is 19.3 Å². The Kier molecular flexibility index (Phi) is 6.91. The lowest BCUT2D eigenvalue weighted by molar-refractivity contribution is -0.254. The average Bonchev–Trinajstić information content (AvgIpc) is 2.35. The van der Waals surface area contributed by atoms with Gasteiger partial charge in [-0.3, -0.25) is 5.26 Å². The number of ether oxygens (including phenoxy) is 1. The topological polar surface area (TPSA) is 79.2 Å². The van der Waals surface area contributed by atoms with E-state index in [4.69, 9.17) is 15.1 Å². The molecule has 0 saturated heterocycles. The Balaban J connectivity index is 2.41. The minimum Gasteiger partial charge on any atom is -0.394 e. The van der Waals surface area contributed by atoms with Crippen LogP contribution in [0.5, 0.6) is 0 Å². The van der Waals surface area contributed by atoms with Gasteiger partial charge in [0.15, 0.2) is 0 Å². The third kappa shape index (κ3) is 4.35. The molecule has 16 heavy (non-hydrogen) atoms. The fraction of sp³-hybridized carbons (Fsp3) is 1.00. The van der Waals surface area contributed by atoms with Crippen LogP contribution in [0.2, 0.25) is 0 Å². The monoisotopic (exact) mass is 234 g/mol. The molecule has 5 heteroatoms. The van der Waals surface area contributed by atoms with Crippen LogP contribution in [0.15, 0.2) is 0 Å². The second-order valence-electron chi connectivity index (χ2n) is 4.32. The van der Waals surface area contributed by atoms with Crippen molar-refractivity contribution in [1.29, 1.82) is 0 Å². The maximum absolute atomic E-state index is 9.69. The molecule has 0 aromatic carbocycles. The lowest BCUT2D eigenvalue weighted by atomic mass is 9.83. The van der Waals surface area contributed by atoms with Crippen molar-refractivity contribution >= 4 is 0 Å². The second-order valence-corrected chi connectivity index (χ2v) is 4.32. The zero-order chi connectivity index (χ0) is 11.8. The first-order chi connectivity index (χ1) is 7.79. The number of hydrogen-bond donors (Lipinski definition) is 3. The van der Waals surface area contributed by atoms with Gasteiger partial charge in [-0.05, 0) is 18.8 Å². The third-order valence-corrected chi connectivity index (χ3v) is 3.17. The van der Waals surface area contributed by atoms with E-state index in [2.05, 4.69) is 4.89 Å². The van der Waals surface area contributed by atoms with Gasteiger partial charge >= 0.3 is 0 Å². The van der Waals surface area contributed by atoms with E-state index in [0.29, 0.717) is 5.92 Å². The third-order valence-electron chi connectivity index (χ3n) is 3.17. The van der Waals surface area contributed by atoms with Crippen LogP contribution in [-0.4, -0.2) is 47.5 Å². The van der Waals surface area contributed by atoms with Crippen molar-refractivity contribution in [2.75, 3.05) is 19.8 Å². The van der Waals surface area contributed by atoms with E-state index in [-0.39, 0.29) is 25.9 Å². The Morgan fingerprint density at radius 2 is 1.81 bits per heavy atom. The predicted octanol–water partition coefficient (Wildman–Crippen LogP) is 0.795. The van der Waals surface area contributed by atoms with Gasteiger partial charge in [0.2, 0.25) is 0 Å². The molecule has 0 spiro atoms. The van der Waals surface area contributed by atoms with Crippen LogP contribution in [0.25, 0.3) is 0 Å². The van der Waals surface area contributed by atoms with E-state index in [0.717, 1.165) is 25.7 Å². The molecule has 1 aliphatic rings. The zero-order valence-electron chi connectivity index (χ0n) is 9.55. The van der Waals surface area contributed by atoms with Gasteiger partial charge in [-0.15, -0.1) is 0 Å². The molecule has 5 nitrogen and oxygen atoms in total. The lowest BCUT2D eigenvalue weighted by Crippen LogP contribution is -2.40. The molecule has 1 rings (SSSR count). The van der Waals surface area contributed by atoms with Crippen molar-refractivity contribution in [2.24, 2.45) is 5.92 Å². The van der Waals surface area contributed by atoms with Crippen LogP contribution in [0, 0.1) is 5.92 Å². The van der Waals surface area contributed by atoms with Gasteiger partial charge in [-0.25, -0.2) is 4.89 Å². The zero-order valence-corrected chi connectivity index (χ0v) is 9.55. The lowest BCUT2D eigenvalue weighted by Gasteiger charge is -2.32. The maximum atomic E-state index is 9.69. The first-order valence-corrected chi connectivity index (χ1v) is 5.96. The van der Waals surface area contributed by atoms with E-state index in [1.54, 1.807) is 0 Å². The molecule has 0 aromatic heterocycles. The Labute approximate surface area is 95.9 Å². The SMILES string of the molecule is OCC(O)C(OCCOO)C1CCCCC1. The van der Waals surface area contributed by atoms with Crippen LogP contribution in [-0.2, 0) is 9.62 Å². The van der Waals surface area contributed by atoms with Crippen molar-refractivity contribution in [1.82, 2.24) is 0 Å². The quantitative estimate of drug-likeness (QED) is 0.345. The smallest absolute Gasteiger partial charge is 0.105 e. The summed E-state index contributed by atoms with van der Waals surface area (Å²) in [6.07, 6.45) is 4.40. The van der Waals surface area contributed by atoms with Gasteiger partial charge < -0.3 is 14.9 Å². The number of hydrogen-bond acceptors (Lipinski definition) is 5. The van der Waals surface area contributed by atoms with E-state index in [1.807, 2.05) is 0 Å². The summed E-state index contributed by atoms with van der Waals surface area (Å²) in [5.41, 5.74) is 0. The van der Waals surface area contributed by atoms with Crippen LogP contribution in [0.1, 0.15) is 32.1 Å². The van der Waals surface area contributed by atoms with Crippen molar-refractivity contribution in [2.45, 2.75) is 44.3 Å². The van der Waals surface area contributed by atoms with Crippen LogP contribution >= 0.6 is 0 Å². The minimum absolute atomic E-state index is 0.0847. The van der Waals surface area contributed by atoms with E-state index < -0.39 is 6.10 Å². The molecule has 0 amide bonds. The molecule has 3 N–H and O–H groups in total. The van der Waals surface area contributed by atoms with E-state index >= 15 is 0 Å². The first kappa shape index (κ1) is 13.9. The van der Waals surface area contributed by atoms with Gasteiger partial charge in [-0.1, -0.05) is 19.3 Å². The average molecular weight is 234 g/mol. The Morgan fingerprint density at radius 1 is 1.12 bits per heavy atom. The number of aliphatic hydroxyl groups is 2. The molecule has 96 valence electrons. The maximum Gasteiger partial charge on any atom is 0.105 e. The molecule has 0 aliphatic heterocycles. The predicted molar refractivity (Wildman–Crippen MR) is 58.0 cm³/mol. The molecule has 0 radical (unpaired) electrons. The van der Waals surface area contributed by atoms with E-state index in [1.165, 1.54) is 6.42 Å². The highest BCUT2D eigenvalue weighted by Gasteiger charge is 2.29. The molecular formula is C11H22O5. The summed E-state index contributed by atoms with van der Waals surface area (Å²) in [6.45, 7) is 0.0250. The van der Waals surface area contributed by atoms with Crippen molar-refractivity contribution in [3.63, 3.8) is 0 Å². The van der Waals surface area contributed by atoms with Crippen LogP contribution in [0.3, 0.4) is 0 Å². The molecule has 1 fully saturated rings. The van der Waals surface area contributed by atoms with Crippen molar-refractivity contribution < 1.29 is 25.1 Å². The van der Waals surface area contributed by atoms with Gasteiger partial charge in [0, 0.05) is 0 Å². The summed E-state index contributed by atoms with van der Waals surface area (Å²) in [5.74, 6) is 0.301. The summed E-state index contributed by atoms with van der Waals surface area (Å²) >= 11 is 0. The standard InChI is InChI=1S/C11H22O5/c12-8-10(13)11(15-6-7-16-14)9-4-2-1-3-5-9/h9-14H,1-8H2. The summed E-state index contributed by atoms with van der Waals surface area (Å²) in [7, 11) is 0. The van der Waals surface area contributed by atoms with Crippen LogP contribution in [0.4, 0.5) is 0 Å². The Morgan fingerprint density at radius 3 is 2.38 bits per heavy atom. The summed E-state index contributed by atoms with van der Waals surface area (Å²) < 4.78 is 5.48. The highest BCUT2D eigenvalue weighted by atomic mass is 17.1. The number of aliphatic hydroxyl groups excluding tert-OH is 2. The van der Waals surface area contributed by atoms with Crippen LogP contribution < -0.4 is 0 Å². The fourth-order valence-electron chi connectivity index (χ4n) is 2.35. The summed E-state index contributed by atoms with van der Waals surface area (Å²) in [4.78, 5) is 3.92. The van der Waals surface area contributed by atoms with Gasteiger partial charge in [0.1, 0.15) is 12.7 Å². The molecule has 2 unspecified atom stereocenters. The van der Waals surface area contributed by atoms with Crippen molar-refractivity contribution in [3.05, 3.63) is 0 Å². The first-order valence-electron chi connectivity index (χ1n) is 5.96. The Bertz CT molecular complexity index is 170. The summed E-state index contributed by atoms with van der Waals surface area (Å²) in [6, 6.07) is 0. The molecule has 0 aromatic rings. The summed E-state index contributed by atoms with van der Waals surface area (Å²) in [5, 5.41) is 26.9. The van der Waals surface area contributed by atoms with Crippen molar-refractivity contribution in [3.8, 4) is 0 Å². The molecule has 0 heterocycles. The number of rotatable bonds is 7. The molecule has 2 atom stereocenters. The fourth-order valence-corrected chi connectivity index (χ4v) is 2.35. The van der Waals surface area contributed by atoms with Gasteiger partial charge in [0.25, 0.3) is 0 Å². The van der Waals surface area contributed by atoms with Gasteiger partial charge in [-0.2, -0.15) is 0 Å². The second kappa shape index (κ2) is 7.97.